The highest BCUT2D eigenvalue weighted by molar-refractivity contribution is 5.67. The van der Waals surface area contributed by atoms with Gasteiger partial charge < -0.3 is 9.47 Å². The highest BCUT2D eigenvalue weighted by Gasteiger charge is 2.37. The lowest BCUT2D eigenvalue weighted by molar-refractivity contribution is -0.275. The van der Waals surface area contributed by atoms with E-state index in [-0.39, 0.29) is 23.5 Å². The minimum absolute atomic E-state index is 0.00152. The van der Waals surface area contributed by atoms with E-state index in [2.05, 4.69) is 14.9 Å². The Kier molecular flexibility index (Phi) is 5.52. The molecule has 6 nitrogen and oxygen atoms in total. The summed E-state index contributed by atoms with van der Waals surface area (Å²) in [6, 6.07) is 6.90. The average Bonchev–Trinajstić information content (AvgIpc) is 3.13. The Bertz CT molecular complexity index is 1070. The first-order valence-electron chi connectivity index (χ1n) is 9.21. The molecule has 0 N–H and O–H groups in total. The van der Waals surface area contributed by atoms with E-state index in [1.165, 1.54) is 36.5 Å². The first-order chi connectivity index (χ1) is 14.6. The van der Waals surface area contributed by atoms with Crippen LogP contribution in [0, 0.1) is 0 Å². The van der Waals surface area contributed by atoms with Gasteiger partial charge in [-0.3, -0.25) is 9.30 Å². The van der Waals surface area contributed by atoms with Gasteiger partial charge in [-0.15, -0.1) is 23.4 Å². The van der Waals surface area contributed by atoms with Crippen molar-refractivity contribution >= 4 is 5.65 Å². The maximum absolute atomic E-state index is 13.2. The monoisotopic (exact) mass is 446 g/mol. The molecule has 1 aliphatic rings. The maximum atomic E-state index is 13.2. The molecule has 0 unspecified atom stereocenters. The number of hydrogen-bond donors (Lipinski definition) is 0. The van der Waals surface area contributed by atoms with Gasteiger partial charge in [0.2, 0.25) is 5.82 Å². The Morgan fingerprint density at radius 3 is 2.32 bits per heavy atom. The second-order valence-electron chi connectivity index (χ2n) is 6.93. The van der Waals surface area contributed by atoms with E-state index in [1.807, 2.05) is 4.90 Å². The molecule has 0 bridgehead atoms. The Balaban J connectivity index is 1.73. The molecule has 0 spiro atoms. The first kappa shape index (κ1) is 21.4. The number of nitrogens with zero attached hydrogens (tertiary/aromatic N) is 4. The van der Waals surface area contributed by atoms with Crippen molar-refractivity contribution in [3.63, 3.8) is 0 Å². The number of alkyl halides is 6. The highest BCUT2D eigenvalue weighted by atomic mass is 19.4. The summed E-state index contributed by atoms with van der Waals surface area (Å²) in [7, 11) is 0. The van der Waals surface area contributed by atoms with Crippen LogP contribution in [0.15, 0.2) is 36.5 Å². The average molecular weight is 446 g/mol. The zero-order chi connectivity index (χ0) is 22.2. The number of pyridine rings is 1. The fourth-order valence-electron chi connectivity index (χ4n) is 3.36. The van der Waals surface area contributed by atoms with E-state index in [4.69, 9.17) is 4.74 Å². The standard InChI is InChI=1S/C19H16F6N4O2/c20-18(21,22)17-27-26-16-4-2-13(11-29(16)17)12-1-3-15(31-19(23,24)25)14(9-12)10-28-5-7-30-8-6-28/h1-4,9,11H,5-8,10H2. The molecule has 1 aromatic carbocycles. The van der Waals surface area contributed by atoms with Crippen molar-refractivity contribution in [2.45, 2.75) is 19.1 Å². The number of fused-ring (bicyclic) bond motifs is 1. The minimum atomic E-state index is -4.87. The summed E-state index contributed by atoms with van der Waals surface area (Å²) >= 11 is 0. The molecule has 0 atom stereocenters. The Morgan fingerprint density at radius 1 is 0.935 bits per heavy atom. The normalized spacial score (nSPS) is 16.1. The summed E-state index contributed by atoms with van der Waals surface area (Å²) in [5.41, 5.74) is 1.05. The SMILES string of the molecule is FC(F)(F)Oc1ccc(-c2ccc3nnc(C(F)(F)F)n3c2)cc1CN1CCOCC1. The molecule has 1 fully saturated rings. The molecule has 1 saturated heterocycles. The molecule has 12 heteroatoms. The lowest BCUT2D eigenvalue weighted by atomic mass is 10.0. The summed E-state index contributed by atoms with van der Waals surface area (Å²) < 4.78 is 88.2. The van der Waals surface area contributed by atoms with E-state index in [0.29, 0.717) is 37.4 Å². The van der Waals surface area contributed by atoms with Gasteiger partial charge in [0.25, 0.3) is 0 Å². The zero-order valence-electron chi connectivity index (χ0n) is 15.9. The van der Waals surface area contributed by atoms with Crippen LogP contribution >= 0.6 is 0 Å². The summed E-state index contributed by atoms with van der Waals surface area (Å²) in [4.78, 5) is 1.91. The maximum Gasteiger partial charge on any atom is 0.573 e. The van der Waals surface area contributed by atoms with Crippen molar-refractivity contribution in [2.75, 3.05) is 26.3 Å². The number of benzene rings is 1. The second kappa shape index (κ2) is 8.00. The smallest absolute Gasteiger partial charge is 0.405 e. The van der Waals surface area contributed by atoms with Crippen LogP contribution in [0.25, 0.3) is 16.8 Å². The molecule has 3 heterocycles. The first-order valence-corrected chi connectivity index (χ1v) is 9.21. The number of rotatable bonds is 4. The van der Waals surface area contributed by atoms with Crippen molar-refractivity contribution < 1.29 is 35.8 Å². The van der Waals surface area contributed by atoms with Gasteiger partial charge in [-0.25, -0.2) is 0 Å². The van der Waals surface area contributed by atoms with Crippen LogP contribution in [0.4, 0.5) is 26.3 Å². The fourth-order valence-corrected chi connectivity index (χ4v) is 3.36. The summed E-state index contributed by atoms with van der Waals surface area (Å²) in [6.07, 6.45) is -8.37. The van der Waals surface area contributed by atoms with Crippen LogP contribution in [0.3, 0.4) is 0 Å². The molecular weight excluding hydrogens is 430 g/mol. The zero-order valence-corrected chi connectivity index (χ0v) is 15.9. The van der Waals surface area contributed by atoms with E-state index in [0.717, 1.165) is 4.40 Å². The Morgan fingerprint density at radius 2 is 1.65 bits per heavy atom. The predicted molar refractivity (Wildman–Crippen MR) is 96.2 cm³/mol. The van der Waals surface area contributed by atoms with Gasteiger partial charge in [-0.1, -0.05) is 6.07 Å². The third-order valence-corrected chi connectivity index (χ3v) is 4.77. The second-order valence-corrected chi connectivity index (χ2v) is 6.93. The van der Waals surface area contributed by atoms with Gasteiger partial charge in [0, 0.05) is 31.4 Å². The molecule has 166 valence electrons. The third kappa shape index (κ3) is 4.90. The van der Waals surface area contributed by atoms with E-state index in [9.17, 15) is 26.3 Å². The van der Waals surface area contributed by atoms with Gasteiger partial charge in [-0.05, 0) is 35.4 Å². The van der Waals surface area contributed by atoms with Crippen LogP contribution in [0.1, 0.15) is 11.4 Å². The van der Waals surface area contributed by atoms with E-state index >= 15 is 0 Å². The van der Waals surface area contributed by atoms with Gasteiger partial charge in [0.1, 0.15) is 5.75 Å². The van der Waals surface area contributed by atoms with Crippen molar-refractivity contribution in [3.8, 4) is 16.9 Å². The van der Waals surface area contributed by atoms with Crippen molar-refractivity contribution in [3.05, 3.63) is 47.9 Å². The Labute approximate surface area is 172 Å². The van der Waals surface area contributed by atoms with Gasteiger partial charge in [0.15, 0.2) is 5.65 Å². The van der Waals surface area contributed by atoms with E-state index < -0.39 is 18.4 Å². The quantitative estimate of drug-likeness (QED) is 0.564. The van der Waals surface area contributed by atoms with Gasteiger partial charge in [0.05, 0.1) is 13.2 Å². The molecule has 3 aromatic rings. The molecule has 0 amide bonds. The topological polar surface area (TPSA) is 51.9 Å². The third-order valence-electron chi connectivity index (χ3n) is 4.77. The molecule has 0 radical (unpaired) electrons. The lowest BCUT2D eigenvalue weighted by Gasteiger charge is -2.27. The van der Waals surface area contributed by atoms with Gasteiger partial charge >= 0.3 is 12.5 Å². The predicted octanol–water partition coefficient (Wildman–Crippen LogP) is 4.15. The minimum Gasteiger partial charge on any atom is -0.405 e. The molecule has 2 aromatic heterocycles. The molecule has 0 aliphatic carbocycles. The van der Waals surface area contributed by atoms with Crippen LogP contribution in [0.5, 0.6) is 5.75 Å². The summed E-state index contributed by atoms with van der Waals surface area (Å²) in [6.45, 7) is 2.17. The lowest BCUT2D eigenvalue weighted by Crippen LogP contribution is -2.35. The molecule has 31 heavy (non-hydrogen) atoms. The molecule has 1 aliphatic heterocycles. The number of ether oxygens (including phenoxy) is 2. The molecule has 4 rings (SSSR count). The number of hydrogen-bond acceptors (Lipinski definition) is 5. The van der Waals surface area contributed by atoms with E-state index in [1.54, 1.807) is 0 Å². The Hall–Kier alpha value is -2.86. The summed E-state index contributed by atoms with van der Waals surface area (Å²) in [5.74, 6) is -1.54. The molecular formula is C19H16F6N4O2. The molecule has 0 saturated carbocycles. The number of morpholine rings is 1. The van der Waals surface area contributed by atoms with Crippen LogP contribution in [-0.2, 0) is 17.5 Å². The number of halogens is 6. The summed E-state index contributed by atoms with van der Waals surface area (Å²) in [5, 5.41) is 6.67. The van der Waals surface area contributed by atoms with Crippen molar-refractivity contribution in [1.82, 2.24) is 19.5 Å². The van der Waals surface area contributed by atoms with Crippen molar-refractivity contribution in [1.29, 1.82) is 0 Å². The fraction of sp³-hybridized carbons (Fsp3) is 0.368. The van der Waals surface area contributed by atoms with Crippen LogP contribution < -0.4 is 4.74 Å². The highest BCUT2D eigenvalue weighted by Crippen LogP contribution is 2.33. The van der Waals surface area contributed by atoms with Crippen LogP contribution in [-0.4, -0.2) is 52.2 Å². The van der Waals surface area contributed by atoms with Gasteiger partial charge in [-0.2, -0.15) is 13.2 Å². The van der Waals surface area contributed by atoms with Crippen LogP contribution in [0.2, 0.25) is 0 Å². The largest absolute Gasteiger partial charge is 0.573 e. The van der Waals surface area contributed by atoms with Crippen molar-refractivity contribution in [2.24, 2.45) is 0 Å². The number of aromatic nitrogens is 3.